The van der Waals surface area contributed by atoms with Gasteiger partial charge in [-0.25, -0.2) is 0 Å². The van der Waals surface area contributed by atoms with Crippen LogP contribution in [0, 0.1) is 0 Å². The maximum Gasteiger partial charge on any atom is 0.321 e. The van der Waals surface area contributed by atoms with Gasteiger partial charge in [-0.15, -0.1) is 23.5 Å². The van der Waals surface area contributed by atoms with E-state index in [2.05, 4.69) is 0 Å². The van der Waals surface area contributed by atoms with Gasteiger partial charge in [-0.3, -0.25) is 14.4 Å². The number of phenols is 2. The number of aromatic hydroxyl groups is 2. The third-order valence-corrected chi connectivity index (χ3v) is 5.95. The van der Waals surface area contributed by atoms with Crippen LogP contribution in [-0.4, -0.2) is 73.1 Å². The van der Waals surface area contributed by atoms with Gasteiger partial charge in [-0.2, -0.15) is 0 Å². The minimum atomic E-state index is -1.36. The summed E-state index contributed by atoms with van der Waals surface area (Å²) in [7, 11) is 0. The van der Waals surface area contributed by atoms with Crippen LogP contribution in [0.2, 0.25) is 0 Å². The van der Waals surface area contributed by atoms with E-state index in [1.807, 2.05) is 0 Å². The van der Waals surface area contributed by atoms with Crippen LogP contribution in [0.25, 0.3) is 0 Å². The van der Waals surface area contributed by atoms with E-state index < -0.39 is 47.5 Å². The van der Waals surface area contributed by atoms with Gasteiger partial charge in [0.15, 0.2) is 11.5 Å². The van der Waals surface area contributed by atoms with E-state index in [0.717, 1.165) is 29.6 Å². The molecule has 1 aromatic rings. The molecular formula is C15H21N3O8S2. The molecule has 0 aliphatic rings. The third-order valence-electron chi connectivity index (χ3n) is 3.50. The van der Waals surface area contributed by atoms with Crippen molar-refractivity contribution in [2.45, 2.75) is 34.3 Å². The lowest BCUT2D eigenvalue weighted by atomic mass is 10.1. The van der Waals surface area contributed by atoms with E-state index in [1.54, 1.807) is 0 Å². The first kappa shape index (κ1) is 23.8. The summed E-state index contributed by atoms with van der Waals surface area (Å²) in [5, 5.41) is 47.1. The summed E-state index contributed by atoms with van der Waals surface area (Å²) in [4.78, 5) is 33.2. The van der Waals surface area contributed by atoms with Crippen LogP contribution in [0.5, 0.6) is 11.5 Å². The molecule has 0 saturated heterocycles. The zero-order valence-corrected chi connectivity index (χ0v) is 16.1. The molecule has 28 heavy (non-hydrogen) atoms. The van der Waals surface area contributed by atoms with Gasteiger partial charge in [0, 0.05) is 22.8 Å². The largest absolute Gasteiger partial charge is 0.504 e. The summed E-state index contributed by atoms with van der Waals surface area (Å²) >= 11 is 1.74. The van der Waals surface area contributed by atoms with Gasteiger partial charge in [0.25, 0.3) is 0 Å². The van der Waals surface area contributed by atoms with Crippen LogP contribution < -0.4 is 17.2 Å². The molecule has 1 aromatic carbocycles. The Morgan fingerprint density at radius 2 is 1.32 bits per heavy atom. The highest BCUT2D eigenvalue weighted by molar-refractivity contribution is 8.00. The molecule has 0 heterocycles. The number of hydrogen-bond acceptors (Lipinski definition) is 10. The Bertz CT molecular complexity index is 761. The fraction of sp³-hybridized carbons (Fsp3) is 0.400. The van der Waals surface area contributed by atoms with Crippen molar-refractivity contribution < 1.29 is 39.9 Å². The number of benzene rings is 1. The van der Waals surface area contributed by atoms with E-state index >= 15 is 0 Å². The molecule has 0 saturated carbocycles. The second-order valence-electron chi connectivity index (χ2n) is 5.71. The summed E-state index contributed by atoms with van der Waals surface area (Å²) in [6.07, 6.45) is -0.265. The second-order valence-corrected chi connectivity index (χ2v) is 7.80. The smallest absolute Gasteiger partial charge is 0.321 e. The standard InChI is InChI=1S/C15H21N3O8S2/c16-6(13(21)22)1-5-10(27-3-7(17)14(23)24)2-9(19)11(20)12(5)28-4-8(18)15(25)26/h2,6-8,19-20H,1,3-4,16-18H2,(H,21,22)(H,23,24)(H,25,26). The fourth-order valence-corrected chi connectivity index (χ4v) is 4.15. The number of aliphatic carboxylic acids is 3. The molecule has 0 amide bonds. The number of thioether (sulfide) groups is 2. The normalized spacial score (nSPS) is 14.2. The molecule has 13 heteroatoms. The van der Waals surface area contributed by atoms with Crippen molar-refractivity contribution in [2.75, 3.05) is 11.5 Å². The van der Waals surface area contributed by atoms with Crippen LogP contribution in [0.3, 0.4) is 0 Å². The van der Waals surface area contributed by atoms with E-state index in [1.165, 1.54) is 0 Å². The number of phenolic OH excluding ortho intramolecular Hbond substituents is 2. The SMILES string of the molecule is NC(CSc1cc(O)c(O)c(SCC(N)C(=O)O)c1CC(N)C(=O)O)C(=O)O. The Hall–Kier alpha value is -2.19. The van der Waals surface area contributed by atoms with Crippen molar-refractivity contribution in [2.24, 2.45) is 17.2 Å². The summed E-state index contributed by atoms with van der Waals surface area (Å²) < 4.78 is 0. The maximum absolute atomic E-state index is 11.1. The number of carbonyl (C=O) groups is 3. The first-order valence-electron chi connectivity index (χ1n) is 7.74. The van der Waals surface area contributed by atoms with Gasteiger partial charge in [0.05, 0.1) is 4.90 Å². The van der Waals surface area contributed by atoms with Crippen LogP contribution in [0.1, 0.15) is 5.56 Å². The topological polar surface area (TPSA) is 230 Å². The summed E-state index contributed by atoms with van der Waals surface area (Å²) in [5.41, 5.74) is 16.7. The zero-order valence-electron chi connectivity index (χ0n) is 14.4. The van der Waals surface area contributed by atoms with Crippen LogP contribution in [0.4, 0.5) is 0 Å². The molecule has 11 N–H and O–H groups in total. The lowest BCUT2D eigenvalue weighted by Crippen LogP contribution is -2.34. The maximum atomic E-state index is 11.1. The molecule has 0 fully saturated rings. The van der Waals surface area contributed by atoms with E-state index in [0.29, 0.717) is 0 Å². The van der Waals surface area contributed by atoms with Crippen molar-refractivity contribution in [1.29, 1.82) is 0 Å². The summed E-state index contributed by atoms with van der Waals surface area (Å²) in [6, 6.07) is -2.72. The average Bonchev–Trinajstić information content (AvgIpc) is 2.61. The van der Waals surface area contributed by atoms with Gasteiger partial charge < -0.3 is 42.7 Å². The predicted molar refractivity (Wildman–Crippen MR) is 102 cm³/mol. The van der Waals surface area contributed by atoms with Crippen molar-refractivity contribution in [1.82, 2.24) is 0 Å². The van der Waals surface area contributed by atoms with Crippen molar-refractivity contribution in [3.8, 4) is 11.5 Å². The molecule has 156 valence electrons. The number of hydrogen-bond donors (Lipinski definition) is 8. The number of carboxylic acid groups (broad SMARTS) is 3. The minimum absolute atomic E-state index is 0.0137. The van der Waals surface area contributed by atoms with Gasteiger partial charge in [-0.05, 0) is 11.6 Å². The Balaban J connectivity index is 3.33. The van der Waals surface area contributed by atoms with E-state index in [4.69, 9.17) is 32.5 Å². The Morgan fingerprint density at radius 3 is 1.79 bits per heavy atom. The first-order valence-corrected chi connectivity index (χ1v) is 9.71. The van der Waals surface area contributed by atoms with Gasteiger partial charge in [0.2, 0.25) is 0 Å². The second kappa shape index (κ2) is 10.4. The molecular weight excluding hydrogens is 414 g/mol. The van der Waals surface area contributed by atoms with Crippen LogP contribution in [0.15, 0.2) is 15.9 Å². The highest BCUT2D eigenvalue weighted by Crippen LogP contribution is 2.44. The minimum Gasteiger partial charge on any atom is -0.504 e. The first-order chi connectivity index (χ1) is 13.0. The fourth-order valence-electron chi connectivity index (χ4n) is 1.93. The van der Waals surface area contributed by atoms with Crippen molar-refractivity contribution >= 4 is 41.4 Å². The number of rotatable bonds is 11. The van der Waals surface area contributed by atoms with Gasteiger partial charge >= 0.3 is 17.9 Å². The molecule has 0 spiro atoms. The molecule has 0 aliphatic heterocycles. The molecule has 0 aliphatic carbocycles. The summed E-state index contributed by atoms with van der Waals surface area (Å²) in [6.45, 7) is 0. The quantitative estimate of drug-likeness (QED) is 0.155. The van der Waals surface area contributed by atoms with E-state index in [9.17, 15) is 24.6 Å². The Morgan fingerprint density at radius 1 is 0.857 bits per heavy atom. The monoisotopic (exact) mass is 435 g/mol. The average molecular weight is 435 g/mol. The van der Waals surface area contributed by atoms with Crippen LogP contribution in [-0.2, 0) is 20.8 Å². The molecule has 0 aromatic heterocycles. The number of nitrogens with two attached hydrogens (primary N) is 3. The predicted octanol–water partition coefficient (Wildman–Crippen LogP) is -0.940. The molecule has 3 atom stereocenters. The lowest BCUT2D eigenvalue weighted by molar-refractivity contribution is -0.139. The Kier molecular flexibility index (Phi) is 8.84. The molecule has 3 unspecified atom stereocenters. The molecule has 1 rings (SSSR count). The molecule has 0 radical (unpaired) electrons. The Labute approximate surface area is 167 Å². The molecule has 11 nitrogen and oxygen atoms in total. The van der Waals surface area contributed by atoms with Gasteiger partial charge in [-0.1, -0.05) is 0 Å². The van der Waals surface area contributed by atoms with Crippen molar-refractivity contribution in [3.63, 3.8) is 0 Å². The molecule has 0 bridgehead atoms. The number of carboxylic acids is 3. The highest BCUT2D eigenvalue weighted by Gasteiger charge is 2.25. The van der Waals surface area contributed by atoms with E-state index in [-0.39, 0.29) is 33.3 Å². The zero-order chi connectivity index (χ0) is 21.6. The summed E-state index contributed by atoms with van der Waals surface area (Å²) in [5.74, 6) is -5.26. The third kappa shape index (κ3) is 6.45. The van der Waals surface area contributed by atoms with Gasteiger partial charge in [0.1, 0.15) is 18.1 Å². The van der Waals surface area contributed by atoms with Crippen molar-refractivity contribution in [3.05, 3.63) is 11.6 Å². The lowest BCUT2D eigenvalue weighted by Gasteiger charge is -2.19. The van der Waals surface area contributed by atoms with Crippen LogP contribution >= 0.6 is 23.5 Å². The highest BCUT2D eigenvalue weighted by atomic mass is 32.2.